The predicted molar refractivity (Wildman–Crippen MR) is 158 cm³/mol. The fourth-order valence-corrected chi connectivity index (χ4v) is 6.31. The molecule has 8 nitrogen and oxygen atoms in total. The number of para-hydroxylation sites is 1. The van der Waals surface area contributed by atoms with Gasteiger partial charge in [-0.2, -0.15) is 0 Å². The molecule has 0 bridgehead atoms. The number of amides is 1. The molecule has 2 aromatic heterocycles. The summed E-state index contributed by atoms with van der Waals surface area (Å²) in [6.07, 6.45) is 4.36. The second kappa shape index (κ2) is 11.1. The molecule has 1 amide bonds. The highest BCUT2D eigenvalue weighted by Crippen LogP contribution is 2.45. The Kier molecular flexibility index (Phi) is 7.58. The first-order valence-electron chi connectivity index (χ1n) is 13.1. The molecule has 40 heavy (non-hydrogen) atoms. The van der Waals surface area contributed by atoms with E-state index in [0.29, 0.717) is 39.3 Å². The van der Waals surface area contributed by atoms with Crippen LogP contribution in [0.4, 0.5) is 16.4 Å². The standard InChI is InChI=1S/C31H31N3O5S/c1-31(2,3)19-10-13-23-27(16-19)40-30(28(23)29(35)33-20-8-6-5-7-9-20)32-18-22-12-15-26(39-22)24-17-21(34(36)37)11-14-25(24)38-4/h5-9,11-12,14-15,17-19H,10,13,16H2,1-4H3,(H,33,35)/t19-/m1/s1. The number of furan rings is 1. The van der Waals surface area contributed by atoms with Crippen LogP contribution in [0.25, 0.3) is 11.3 Å². The fourth-order valence-electron chi connectivity index (χ4n) is 5.04. The molecule has 0 radical (unpaired) electrons. The predicted octanol–water partition coefficient (Wildman–Crippen LogP) is 8.08. The van der Waals surface area contributed by atoms with E-state index in [4.69, 9.17) is 14.1 Å². The number of carbonyl (C=O) groups excluding carboxylic acids is 1. The van der Waals surface area contributed by atoms with E-state index < -0.39 is 4.92 Å². The molecule has 0 saturated carbocycles. The number of nitro groups is 1. The Balaban J connectivity index is 1.48. The minimum absolute atomic E-state index is 0.0609. The van der Waals surface area contributed by atoms with E-state index in [2.05, 4.69) is 26.1 Å². The largest absolute Gasteiger partial charge is 0.496 e. The maximum absolute atomic E-state index is 13.5. The van der Waals surface area contributed by atoms with Crippen molar-refractivity contribution < 1.29 is 18.9 Å². The van der Waals surface area contributed by atoms with Gasteiger partial charge in [-0.1, -0.05) is 39.0 Å². The summed E-state index contributed by atoms with van der Waals surface area (Å²) in [6.45, 7) is 6.80. The van der Waals surface area contributed by atoms with Gasteiger partial charge in [0.05, 0.1) is 29.4 Å². The lowest BCUT2D eigenvalue weighted by molar-refractivity contribution is -0.384. The molecule has 5 rings (SSSR count). The van der Waals surface area contributed by atoms with E-state index in [1.807, 2.05) is 30.3 Å². The first-order chi connectivity index (χ1) is 19.1. The molecular weight excluding hydrogens is 526 g/mol. The molecule has 2 heterocycles. The summed E-state index contributed by atoms with van der Waals surface area (Å²) in [5, 5.41) is 15.0. The van der Waals surface area contributed by atoms with Crippen LogP contribution in [-0.2, 0) is 12.8 Å². The molecule has 1 aliphatic rings. The van der Waals surface area contributed by atoms with Crippen LogP contribution in [0.1, 0.15) is 53.8 Å². The van der Waals surface area contributed by atoms with E-state index in [1.165, 1.54) is 24.1 Å². The third-order valence-electron chi connectivity index (χ3n) is 7.33. The van der Waals surface area contributed by atoms with Crippen LogP contribution in [0.5, 0.6) is 5.75 Å². The zero-order valence-corrected chi connectivity index (χ0v) is 23.7. The van der Waals surface area contributed by atoms with Crippen molar-refractivity contribution in [2.24, 2.45) is 16.3 Å². The van der Waals surface area contributed by atoms with Crippen LogP contribution in [0.3, 0.4) is 0 Å². The van der Waals surface area contributed by atoms with Gasteiger partial charge in [0.1, 0.15) is 22.3 Å². The molecule has 1 atom stereocenters. The smallest absolute Gasteiger partial charge is 0.270 e. The Bertz CT molecular complexity index is 1580. The molecule has 1 aliphatic carbocycles. The summed E-state index contributed by atoms with van der Waals surface area (Å²) in [5.74, 6) is 1.69. The second-order valence-corrected chi connectivity index (χ2v) is 12.0. The molecule has 0 fully saturated rings. The zero-order chi connectivity index (χ0) is 28.4. The van der Waals surface area contributed by atoms with Gasteiger partial charge < -0.3 is 14.5 Å². The third-order valence-corrected chi connectivity index (χ3v) is 8.49. The van der Waals surface area contributed by atoms with Crippen molar-refractivity contribution in [3.8, 4) is 17.1 Å². The van der Waals surface area contributed by atoms with Crippen molar-refractivity contribution in [3.05, 3.63) is 92.5 Å². The van der Waals surface area contributed by atoms with E-state index in [9.17, 15) is 14.9 Å². The van der Waals surface area contributed by atoms with Gasteiger partial charge in [0, 0.05) is 22.7 Å². The van der Waals surface area contributed by atoms with Gasteiger partial charge in [0.2, 0.25) is 0 Å². The van der Waals surface area contributed by atoms with E-state index in [0.717, 1.165) is 30.5 Å². The monoisotopic (exact) mass is 557 g/mol. The maximum atomic E-state index is 13.5. The lowest BCUT2D eigenvalue weighted by atomic mass is 9.72. The van der Waals surface area contributed by atoms with Crippen molar-refractivity contribution in [1.82, 2.24) is 0 Å². The number of anilines is 1. The van der Waals surface area contributed by atoms with E-state index in [-0.39, 0.29) is 17.0 Å². The number of carbonyl (C=O) groups is 1. The van der Waals surface area contributed by atoms with Crippen LogP contribution < -0.4 is 10.1 Å². The second-order valence-electron chi connectivity index (χ2n) is 10.9. The van der Waals surface area contributed by atoms with Crippen LogP contribution >= 0.6 is 11.3 Å². The van der Waals surface area contributed by atoms with Gasteiger partial charge in [-0.3, -0.25) is 14.9 Å². The summed E-state index contributed by atoms with van der Waals surface area (Å²) in [6, 6.07) is 17.2. The highest BCUT2D eigenvalue weighted by molar-refractivity contribution is 7.16. The van der Waals surface area contributed by atoms with Crippen molar-refractivity contribution in [2.75, 3.05) is 12.4 Å². The number of rotatable bonds is 7. The lowest BCUT2D eigenvalue weighted by Crippen LogP contribution is -2.27. The van der Waals surface area contributed by atoms with Gasteiger partial charge in [-0.05, 0) is 66.5 Å². The van der Waals surface area contributed by atoms with E-state index in [1.54, 1.807) is 35.8 Å². The van der Waals surface area contributed by atoms with Crippen molar-refractivity contribution in [1.29, 1.82) is 0 Å². The summed E-state index contributed by atoms with van der Waals surface area (Å²) < 4.78 is 11.4. The van der Waals surface area contributed by atoms with Gasteiger partial charge >= 0.3 is 0 Å². The molecule has 1 N–H and O–H groups in total. The number of benzene rings is 2. The number of methoxy groups -OCH3 is 1. The summed E-state index contributed by atoms with van der Waals surface area (Å²) >= 11 is 1.56. The summed E-state index contributed by atoms with van der Waals surface area (Å²) in [5.41, 5.74) is 3.00. The average Bonchev–Trinajstić information content (AvgIpc) is 3.55. The number of nitrogens with zero attached hydrogens (tertiary/aromatic N) is 2. The molecule has 2 aromatic carbocycles. The fraction of sp³-hybridized carbons (Fsp3) is 0.290. The first-order valence-corrected chi connectivity index (χ1v) is 13.9. The lowest BCUT2D eigenvalue weighted by Gasteiger charge is -2.33. The Morgan fingerprint density at radius 3 is 2.65 bits per heavy atom. The maximum Gasteiger partial charge on any atom is 0.270 e. The Morgan fingerprint density at radius 2 is 1.95 bits per heavy atom. The normalized spacial score (nSPS) is 15.2. The van der Waals surface area contributed by atoms with Crippen LogP contribution in [-0.4, -0.2) is 24.2 Å². The van der Waals surface area contributed by atoms with Crippen LogP contribution in [0, 0.1) is 21.4 Å². The number of hydrogen-bond donors (Lipinski definition) is 1. The molecule has 0 unspecified atom stereocenters. The van der Waals surface area contributed by atoms with Gasteiger partial charge in [-0.15, -0.1) is 11.3 Å². The van der Waals surface area contributed by atoms with Crippen LogP contribution in [0.15, 0.2) is 70.1 Å². The highest BCUT2D eigenvalue weighted by Gasteiger charge is 2.33. The number of nitrogens with one attached hydrogen (secondary N) is 1. The Morgan fingerprint density at radius 1 is 1.18 bits per heavy atom. The Labute approximate surface area is 236 Å². The number of ether oxygens (including phenoxy) is 1. The number of aliphatic imine (C=N–C) groups is 1. The highest BCUT2D eigenvalue weighted by atomic mass is 32.1. The van der Waals surface area contributed by atoms with Gasteiger partial charge in [0.15, 0.2) is 0 Å². The van der Waals surface area contributed by atoms with Crippen molar-refractivity contribution in [2.45, 2.75) is 40.0 Å². The van der Waals surface area contributed by atoms with Crippen molar-refractivity contribution >= 4 is 39.8 Å². The summed E-state index contributed by atoms with van der Waals surface area (Å²) in [4.78, 5) is 30.3. The minimum Gasteiger partial charge on any atom is -0.496 e. The minimum atomic E-state index is -0.459. The zero-order valence-electron chi connectivity index (χ0n) is 22.9. The Hall–Kier alpha value is -4.24. The van der Waals surface area contributed by atoms with Gasteiger partial charge in [-0.25, -0.2) is 4.99 Å². The SMILES string of the molecule is COc1ccc([N+](=O)[O-])cc1-c1ccc(C=Nc2sc3c(c2C(=O)Nc2ccccc2)CC[C@@H](C(C)(C)C)C3)o1. The number of thiophene rings is 1. The van der Waals surface area contributed by atoms with E-state index >= 15 is 0 Å². The first kappa shape index (κ1) is 27.3. The molecule has 0 saturated heterocycles. The topological polar surface area (TPSA) is 107 Å². The van der Waals surface area contributed by atoms with Crippen molar-refractivity contribution in [3.63, 3.8) is 0 Å². The quantitative estimate of drug-likeness (QED) is 0.140. The number of non-ortho nitro benzene ring substituents is 1. The molecule has 206 valence electrons. The molecule has 0 spiro atoms. The molecule has 9 heteroatoms. The van der Waals surface area contributed by atoms with Gasteiger partial charge in [0.25, 0.3) is 11.6 Å². The number of hydrogen-bond acceptors (Lipinski definition) is 7. The third kappa shape index (κ3) is 5.70. The molecule has 0 aliphatic heterocycles. The number of nitro benzene ring substituents is 1. The molecular formula is C31H31N3O5S. The molecule has 4 aromatic rings. The average molecular weight is 558 g/mol. The number of fused-ring (bicyclic) bond motifs is 1. The van der Waals surface area contributed by atoms with Crippen LogP contribution in [0.2, 0.25) is 0 Å². The summed E-state index contributed by atoms with van der Waals surface area (Å²) in [7, 11) is 1.50.